The number of carbonyl (C=O) groups is 2. The molecular weight excluding hydrogens is 553 g/mol. The molecule has 0 unspecified atom stereocenters. The number of anilines is 1. The Bertz CT molecular complexity index is 1480. The highest BCUT2D eigenvalue weighted by atomic mass is 35.5. The molecule has 4 atom stereocenters. The van der Waals surface area contributed by atoms with E-state index in [0.717, 1.165) is 5.56 Å². The normalized spacial score (nSPS) is 20.1. The Morgan fingerprint density at radius 1 is 1.17 bits per heavy atom. The molecule has 2 aromatic carbocycles. The van der Waals surface area contributed by atoms with Crippen LogP contribution in [0.1, 0.15) is 54.2 Å². The summed E-state index contributed by atoms with van der Waals surface area (Å²) in [7, 11) is 1.44. The maximum Gasteiger partial charge on any atom is 0.255 e. The third-order valence-corrected chi connectivity index (χ3v) is 7.90. The molecule has 1 aliphatic heterocycles. The topological polar surface area (TPSA) is 137 Å². The summed E-state index contributed by atoms with van der Waals surface area (Å²) < 4.78 is 19.1. The number of aliphatic hydroxyl groups excluding tert-OH is 2. The van der Waals surface area contributed by atoms with Gasteiger partial charge >= 0.3 is 0 Å². The lowest BCUT2D eigenvalue weighted by Crippen LogP contribution is -2.45. The summed E-state index contributed by atoms with van der Waals surface area (Å²) in [6.07, 6.45) is 0.584. The van der Waals surface area contributed by atoms with E-state index in [0.29, 0.717) is 51.9 Å². The number of ether oxygens (including phenoxy) is 1. The van der Waals surface area contributed by atoms with Crippen molar-refractivity contribution < 1.29 is 28.9 Å². The van der Waals surface area contributed by atoms with Gasteiger partial charge in [0.2, 0.25) is 11.9 Å². The minimum atomic E-state index is -0.803. The molecule has 1 aliphatic carbocycles. The maximum atomic E-state index is 14.0. The van der Waals surface area contributed by atoms with Gasteiger partial charge < -0.3 is 30.5 Å². The zero-order valence-electron chi connectivity index (χ0n) is 22.8. The predicted octanol–water partition coefficient (Wildman–Crippen LogP) is 3.46. The van der Waals surface area contributed by atoms with Crippen LogP contribution in [0.15, 0.2) is 42.6 Å². The summed E-state index contributed by atoms with van der Waals surface area (Å²) in [5, 5.41) is 25.9. The van der Waals surface area contributed by atoms with E-state index in [-0.39, 0.29) is 24.4 Å². The fourth-order valence-electron chi connectivity index (χ4n) is 5.23. The summed E-state index contributed by atoms with van der Waals surface area (Å²) in [5.41, 5.74) is 2.77. The van der Waals surface area contributed by atoms with E-state index in [1.54, 1.807) is 32.0 Å². The first-order valence-corrected chi connectivity index (χ1v) is 13.7. The molecule has 1 aromatic heterocycles. The van der Waals surface area contributed by atoms with E-state index >= 15 is 0 Å². The quantitative estimate of drug-likeness (QED) is 0.316. The van der Waals surface area contributed by atoms with Crippen molar-refractivity contribution in [3.05, 3.63) is 70.1 Å². The second-order valence-corrected chi connectivity index (χ2v) is 10.9. The molecular formula is C29H31ClFN5O5. The molecule has 0 saturated heterocycles. The number of aliphatic hydroxyl groups is 2. The number of nitrogens with one attached hydrogen (secondary N) is 2. The Morgan fingerprint density at radius 3 is 2.61 bits per heavy atom. The van der Waals surface area contributed by atoms with Crippen LogP contribution in [-0.4, -0.2) is 68.3 Å². The van der Waals surface area contributed by atoms with Gasteiger partial charge in [-0.05, 0) is 56.0 Å². The summed E-state index contributed by atoms with van der Waals surface area (Å²) in [6, 6.07) is 8.06. The van der Waals surface area contributed by atoms with Crippen LogP contribution in [0.3, 0.4) is 0 Å². The fourth-order valence-corrected chi connectivity index (χ4v) is 5.43. The molecule has 2 amide bonds. The second-order valence-electron chi connectivity index (χ2n) is 10.5. The molecule has 4 N–H and O–H groups in total. The molecule has 1 fully saturated rings. The average Bonchev–Trinajstić information content (AvgIpc) is 3.45. The summed E-state index contributed by atoms with van der Waals surface area (Å²) in [5.74, 6) is -0.518. The van der Waals surface area contributed by atoms with Crippen molar-refractivity contribution in [2.45, 2.75) is 63.6 Å². The number of fused-ring (bicyclic) bond motifs is 1. The molecule has 0 bridgehead atoms. The molecule has 2 aliphatic rings. The molecule has 12 heteroatoms. The first kappa shape index (κ1) is 28.7. The van der Waals surface area contributed by atoms with Crippen LogP contribution < -0.4 is 15.4 Å². The molecule has 10 nitrogen and oxygen atoms in total. The van der Waals surface area contributed by atoms with Gasteiger partial charge in [-0.1, -0.05) is 23.7 Å². The highest BCUT2D eigenvalue weighted by Gasteiger charge is 2.35. The number of carbonyl (C=O) groups excluding carboxylic acids is 2. The summed E-state index contributed by atoms with van der Waals surface area (Å²) >= 11 is 6.42. The van der Waals surface area contributed by atoms with Crippen LogP contribution in [0.4, 0.5) is 10.3 Å². The predicted molar refractivity (Wildman–Crippen MR) is 150 cm³/mol. The van der Waals surface area contributed by atoms with E-state index in [4.69, 9.17) is 16.3 Å². The van der Waals surface area contributed by atoms with E-state index < -0.39 is 30.1 Å². The molecule has 3 aromatic rings. The maximum absolute atomic E-state index is 14.0. The van der Waals surface area contributed by atoms with E-state index in [1.807, 2.05) is 6.07 Å². The van der Waals surface area contributed by atoms with Gasteiger partial charge in [0.1, 0.15) is 17.6 Å². The van der Waals surface area contributed by atoms with Crippen LogP contribution >= 0.6 is 11.6 Å². The lowest BCUT2D eigenvalue weighted by molar-refractivity contribution is -0.125. The van der Waals surface area contributed by atoms with Gasteiger partial charge in [0.05, 0.1) is 42.3 Å². The fraction of sp³-hybridized carbons (Fsp3) is 0.379. The van der Waals surface area contributed by atoms with E-state index in [2.05, 4.69) is 20.6 Å². The molecule has 0 spiro atoms. The number of hydrogen-bond acceptors (Lipinski definition) is 8. The van der Waals surface area contributed by atoms with Crippen molar-refractivity contribution in [3.8, 4) is 17.0 Å². The second kappa shape index (κ2) is 11.6. The number of aromatic nitrogens is 2. The largest absolute Gasteiger partial charge is 0.497 e. The smallest absolute Gasteiger partial charge is 0.255 e. The van der Waals surface area contributed by atoms with Crippen molar-refractivity contribution in [2.24, 2.45) is 0 Å². The molecule has 5 rings (SSSR count). The minimum Gasteiger partial charge on any atom is -0.497 e. The van der Waals surface area contributed by atoms with Gasteiger partial charge in [0.25, 0.3) is 5.91 Å². The minimum absolute atomic E-state index is 0.192. The third kappa shape index (κ3) is 5.97. The zero-order valence-corrected chi connectivity index (χ0v) is 23.5. The Hall–Kier alpha value is -3.80. The number of halogens is 2. The van der Waals surface area contributed by atoms with Crippen molar-refractivity contribution >= 4 is 29.4 Å². The number of hydrogen-bond donors (Lipinski definition) is 4. The molecule has 2 heterocycles. The van der Waals surface area contributed by atoms with Crippen molar-refractivity contribution in [3.63, 3.8) is 0 Å². The van der Waals surface area contributed by atoms with Crippen molar-refractivity contribution in [2.75, 3.05) is 12.4 Å². The Morgan fingerprint density at radius 2 is 1.90 bits per heavy atom. The molecule has 41 heavy (non-hydrogen) atoms. The third-order valence-electron chi connectivity index (χ3n) is 7.62. The number of amides is 2. The molecule has 0 radical (unpaired) electrons. The van der Waals surface area contributed by atoms with Gasteiger partial charge in [0.15, 0.2) is 0 Å². The standard InChI is InChI=1S/C29H31ClFN5O5/c1-14(18-6-19(31)9-21(7-18)41-3)33-27(39)15(2)36-13-17-5-4-16(8-22(17)28(36)40)26-23(30)12-32-29(35-26)34-20-10-24(37)25(38)11-20/h4-9,12,14-15,20,24-25,37-38H,10-11,13H2,1-3H3,(H,33,39)(H,32,34,35)/t14-,15+,24-,25-/m1/s1. The van der Waals surface area contributed by atoms with Gasteiger partial charge in [-0.2, -0.15) is 0 Å². The van der Waals surface area contributed by atoms with E-state index in [9.17, 15) is 24.2 Å². The Kier molecular flexibility index (Phi) is 8.12. The average molecular weight is 584 g/mol. The lowest BCUT2D eigenvalue weighted by Gasteiger charge is -2.25. The summed E-state index contributed by atoms with van der Waals surface area (Å²) in [6.45, 7) is 3.63. The van der Waals surface area contributed by atoms with Gasteiger partial charge in [0, 0.05) is 29.8 Å². The van der Waals surface area contributed by atoms with Crippen molar-refractivity contribution in [1.82, 2.24) is 20.2 Å². The number of rotatable bonds is 8. The Balaban J connectivity index is 1.29. The number of benzene rings is 2. The SMILES string of the molecule is COc1cc(F)cc([C@@H](C)NC(=O)[C@H](C)N2Cc3ccc(-c4nc(NC5C[C@@H](O)[C@H](O)C5)ncc4Cl)cc3C2=O)c1. The van der Waals surface area contributed by atoms with Gasteiger partial charge in [-0.25, -0.2) is 14.4 Å². The van der Waals surface area contributed by atoms with Gasteiger partial charge in [-0.15, -0.1) is 0 Å². The first-order valence-electron chi connectivity index (χ1n) is 13.3. The monoisotopic (exact) mass is 583 g/mol. The summed E-state index contributed by atoms with van der Waals surface area (Å²) in [4.78, 5) is 36.7. The van der Waals surface area contributed by atoms with Crippen molar-refractivity contribution in [1.29, 1.82) is 0 Å². The molecule has 216 valence electrons. The van der Waals surface area contributed by atoms with Gasteiger partial charge in [-0.3, -0.25) is 9.59 Å². The zero-order chi connectivity index (χ0) is 29.4. The van der Waals surface area contributed by atoms with Crippen LogP contribution in [0, 0.1) is 5.82 Å². The highest BCUT2D eigenvalue weighted by Crippen LogP contribution is 2.33. The highest BCUT2D eigenvalue weighted by molar-refractivity contribution is 6.33. The number of methoxy groups -OCH3 is 1. The Labute approximate surface area is 241 Å². The molecule has 1 saturated carbocycles. The van der Waals surface area contributed by atoms with E-state index in [1.165, 1.54) is 30.3 Å². The number of nitrogens with zero attached hydrogens (tertiary/aromatic N) is 3. The van der Waals surface area contributed by atoms with Crippen LogP contribution in [-0.2, 0) is 11.3 Å². The van der Waals surface area contributed by atoms with Crippen LogP contribution in [0.5, 0.6) is 5.75 Å². The lowest BCUT2D eigenvalue weighted by atomic mass is 10.0. The van der Waals surface area contributed by atoms with Crippen LogP contribution in [0.25, 0.3) is 11.3 Å². The first-order chi connectivity index (χ1) is 19.5. The van der Waals surface area contributed by atoms with Crippen LogP contribution in [0.2, 0.25) is 5.02 Å².